The highest BCUT2D eigenvalue weighted by Crippen LogP contribution is 2.26. The highest BCUT2D eigenvalue weighted by molar-refractivity contribution is 6.30. The van der Waals surface area contributed by atoms with E-state index >= 15 is 0 Å². The van der Waals surface area contributed by atoms with Gasteiger partial charge in [0.15, 0.2) is 0 Å². The second kappa shape index (κ2) is 3.91. The Morgan fingerprint density at radius 1 is 1.20 bits per heavy atom. The van der Waals surface area contributed by atoms with E-state index in [-0.39, 0.29) is 0 Å². The van der Waals surface area contributed by atoms with Crippen LogP contribution in [0.5, 0.6) is 0 Å². The lowest BCUT2D eigenvalue weighted by Gasteiger charge is -2.06. The first-order valence-corrected chi connectivity index (χ1v) is 5.02. The largest absolute Gasteiger partial charge is 0.384 e. The number of aromatic nitrogens is 1. The second-order valence-electron chi connectivity index (χ2n) is 3.43. The van der Waals surface area contributed by atoms with Gasteiger partial charge >= 0.3 is 0 Å². The molecule has 1 aromatic carbocycles. The van der Waals surface area contributed by atoms with Crippen LogP contribution in [0.25, 0.3) is 11.1 Å². The predicted octanol–water partition coefficient (Wildman–Crippen LogP) is 3.29. The third-order valence-electron chi connectivity index (χ3n) is 2.29. The van der Waals surface area contributed by atoms with Crippen LogP contribution >= 0.6 is 11.6 Å². The van der Waals surface area contributed by atoms with Gasteiger partial charge in [-0.1, -0.05) is 17.7 Å². The van der Waals surface area contributed by atoms with Crippen molar-refractivity contribution in [1.29, 1.82) is 0 Å². The van der Waals surface area contributed by atoms with Crippen molar-refractivity contribution in [3.05, 3.63) is 47.1 Å². The average molecular weight is 219 g/mol. The Morgan fingerprint density at radius 2 is 2.00 bits per heavy atom. The van der Waals surface area contributed by atoms with Crippen LogP contribution < -0.4 is 5.73 Å². The van der Waals surface area contributed by atoms with Crippen LogP contribution in [0.15, 0.2) is 36.5 Å². The molecule has 0 atom stereocenters. The quantitative estimate of drug-likeness (QED) is 0.798. The molecular formula is C12H11ClN2. The highest BCUT2D eigenvalue weighted by Gasteiger charge is 2.03. The lowest BCUT2D eigenvalue weighted by Crippen LogP contribution is -1.90. The molecule has 0 spiro atoms. The van der Waals surface area contributed by atoms with Gasteiger partial charge in [0.05, 0.1) is 0 Å². The first-order valence-electron chi connectivity index (χ1n) is 4.65. The molecule has 15 heavy (non-hydrogen) atoms. The Balaban J connectivity index is 2.58. The zero-order valence-corrected chi connectivity index (χ0v) is 9.12. The zero-order valence-electron chi connectivity index (χ0n) is 8.37. The SMILES string of the molecule is Cc1ccc(Cl)cc1-c1ccnc(N)c1. The number of pyridine rings is 1. The van der Waals surface area contributed by atoms with Crippen LogP contribution in [0.1, 0.15) is 5.56 Å². The zero-order chi connectivity index (χ0) is 10.8. The summed E-state index contributed by atoms with van der Waals surface area (Å²) >= 11 is 5.96. The van der Waals surface area contributed by atoms with Crippen molar-refractivity contribution in [2.45, 2.75) is 6.92 Å². The van der Waals surface area contributed by atoms with Gasteiger partial charge in [-0.15, -0.1) is 0 Å². The van der Waals surface area contributed by atoms with Crippen LogP contribution in [0.2, 0.25) is 5.02 Å². The number of hydrogen-bond donors (Lipinski definition) is 1. The Bertz CT molecular complexity index is 495. The molecule has 0 fully saturated rings. The number of rotatable bonds is 1. The normalized spacial score (nSPS) is 10.3. The molecule has 1 heterocycles. The van der Waals surface area contributed by atoms with Gasteiger partial charge in [0.1, 0.15) is 5.82 Å². The third-order valence-corrected chi connectivity index (χ3v) is 2.53. The van der Waals surface area contributed by atoms with Crippen molar-refractivity contribution in [2.24, 2.45) is 0 Å². The molecule has 2 aromatic rings. The van der Waals surface area contributed by atoms with Gasteiger partial charge in [-0.3, -0.25) is 0 Å². The third kappa shape index (κ3) is 2.10. The van der Waals surface area contributed by atoms with Crippen molar-refractivity contribution in [3.63, 3.8) is 0 Å². The lowest BCUT2D eigenvalue weighted by atomic mass is 10.0. The monoisotopic (exact) mass is 218 g/mol. The first kappa shape index (κ1) is 9.99. The average Bonchev–Trinajstić information content (AvgIpc) is 2.22. The minimum atomic E-state index is 0.520. The van der Waals surface area contributed by atoms with E-state index in [1.54, 1.807) is 6.20 Å². The fraction of sp³-hybridized carbons (Fsp3) is 0.0833. The molecule has 0 aliphatic carbocycles. The fourth-order valence-corrected chi connectivity index (χ4v) is 1.69. The van der Waals surface area contributed by atoms with Crippen molar-refractivity contribution in [1.82, 2.24) is 4.98 Å². The summed E-state index contributed by atoms with van der Waals surface area (Å²) < 4.78 is 0. The van der Waals surface area contributed by atoms with E-state index in [1.165, 1.54) is 5.56 Å². The van der Waals surface area contributed by atoms with E-state index in [4.69, 9.17) is 17.3 Å². The second-order valence-corrected chi connectivity index (χ2v) is 3.87. The summed E-state index contributed by atoms with van der Waals surface area (Å²) in [7, 11) is 0. The summed E-state index contributed by atoms with van der Waals surface area (Å²) in [5.41, 5.74) is 8.95. The number of benzene rings is 1. The van der Waals surface area contributed by atoms with E-state index in [9.17, 15) is 0 Å². The van der Waals surface area contributed by atoms with Gasteiger partial charge in [0.2, 0.25) is 0 Å². The minimum absolute atomic E-state index is 0.520. The number of aryl methyl sites for hydroxylation is 1. The summed E-state index contributed by atoms with van der Waals surface area (Å²) in [5.74, 6) is 0.520. The van der Waals surface area contributed by atoms with Crippen molar-refractivity contribution < 1.29 is 0 Å². The van der Waals surface area contributed by atoms with Crippen LogP contribution in [0, 0.1) is 6.92 Å². The molecule has 76 valence electrons. The molecule has 0 unspecified atom stereocenters. The van der Waals surface area contributed by atoms with E-state index in [0.717, 1.165) is 16.1 Å². The molecule has 0 aliphatic heterocycles. The van der Waals surface area contributed by atoms with Crippen LogP contribution in [0.4, 0.5) is 5.82 Å². The van der Waals surface area contributed by atoms with E-state index in [0.29, 0.717) is 5.82 Å². The Morgan fingerprint density at radius 3 is 2.73 bits per heavy atom. The number of nitrogens with two attached hydrogens (primary N) is 1. The maximum atomic E-state index is 5.96. The first-order chi connectivity index (χ1) is 7.16. The van der Waals surface area contributed by atoms with Gasteiger partial charge in [0.25, 0.3) is 0 Å². The van der Waals surface area contributed by atoms with Crippen molar-refractivity contribution in [2.75, 3.05) is 5.73 Å². The summed E-state index contributed by atoms with van der Waals surface area (Å²) in [5, 5.41) is 0.728. The molecule has 0 saturated heterocycles. The molecule has 0 saturated carbocycles. The standard InChI is InChI=1S/C12H11ClN2/c1-8-2-3-10(13)7-11(8)9-4-5-15-12(14)6-9/h2-7H,1H3,(H2,14,15). The maximum Gasteiger partial charge on any atom is 0.123 e. The lowest BCUT2D eigenvalue weighted by molar-refractivity contribution is 1.33. The van der Waals surface area contributed by atoms with Crippen LogP contribution in [0.3, 0.4) is 0 Å². The summed E-state index contributed by atoms with van der Waals surface area (Å²) in [4.78, 5) is 3.96. The van der Waals surface area contributed by atoms with Gasteiger partial charge in [-0.05, 0) is 47.9 Å². The molecular weight excluding hydrogens is 208 g/mol. The smallest absolute Gasteiger partial charge is 0.123 e. The van der Waals surface area contributed by atoms with Gasteiger partial charge in [0, 0.05) is 11.2 Å². The Hall–Kier alpha value is -1.54. The molecule has 0 aliphatic rings. The Kier molecular flexibility index (Phi) is 2.60. The summed E-state index contributed by atoms with van der Waals surface area (Å²) in [6.07, 6.45) is 1.70. The van der Waals surface area contributed by atoms with E-state index < -0.39 is 0 Å². The van der Waals surface area contributed by atoms with E-state index in [2.05, 4.69) is 4.98 Å². The fourth-order valence-electron chi connectivity index (χ4n) is 1.52. The molecule has 3 heteroatoms. The van der Waals surface area contributed by atoms with Gasteiger partial charge < -0.3 is 5.73 Å². The highest BCUT2D eigenvalue weighted by atomic mass is 35.5. The van der Waals surface area contributed by atoms with Crippen LogP contribution in [-0.4, -0.2) is 4.98 Å². The molecule has 0 amide bonds. The number of halogens is 1. The van der Waals surface area contributed by atoms with Crippen molar-refractivity contribution in [3.8, 4) is 11.1 Å². The number of hydrogen-bond acceptors (Lipinski definition) is 2. The van der Waals surface area contributed by atoms with Crippen LogP contribution in [-0.2, 0) is 0 Å². The molecule has 2 N–H and O–H groups in total. The number of nitrogens with zero attached hydrogens (tertiary/aromatic N) is 1. The molecule has 0 radical (unpaired) electrons. The van der Waals surface area contributed by atoms with Gasteiger partial charge in [-0.25, -0.2) is 4.98 Å². The summed E-state index contributed by atoms with van der Waals surface area (Å²) in [6, 6.07) is 9.58. The topological polar surface area (TPSA) is 38.9 Å². The molecule has 1 aromatic heterocycles. The number of anilines is 1. The molecule has 2 nitrogen and oxygen atoms in total. The minimum Gasteiger partial charge on any atom is -0.384 e. The van der Waals surface area contributed by atoms with Crippen molar-refractivity contribution >= 4 is 17.4 Å². The molecule has 2 rings (SSSR count). The van der Waals surface area contributed by atoms with Gasteiger partial charge in [-0.2, -0.15) is 0 Å². The number of nitrogen functional groups attached to an aromatic ring is 1. The maximum absolute atomic E-state index is 5.96. The van der Waals surface area contributed by atoms with E-state index in [1.807, 2.05) is 37.3 Å². The predicted molar refractivity (Wildman–Crippen MR) is 63.8 cm³/mol. The summed E-state index contributed by atoms with van der Waals surface area (Å²) in [6.45, 7) is 2.04. The molecule has 0 bridgehead atoms. The Labute approximate surface area is 93.7 Å².